The average Bonchev–Trinajstić information content (AvgIpc) is 2.38. The Morgan fingerprint density at radius 3 is 2.83 bits per heavy atom. The maximum absolute atomic E-state index is 12.0. The van der Waals surface area contributed by atoms with Gasteiger partial charge in [0.25, 0.3) is 5.91 Å². The van der Waals surface area contributed by atoms with Gasteiger partial charge in [-0.05, 0) is 40.9 Å². The van der Waals surface area contributed by atoms with E-state index in [4.69, 9.17) is 0 Å². The Labute approximate surface area is 115 Å². The molecule has 1 saturated carbocycles. The number of aromatic nitrogens is 1. The van der Waals surface area contributed by atoms with Gasteiger partial charge in [0.2, 0.25) is 0 Å². The van der Waals surface area contributed by atoms with E-state index in [2.05, 4.69) is 26.2 Å². The Hall–Kier alpha value is -0.940. The predicted octanol–water partition coefficient (Wildman–Crippen LogP) is 2.27. The van der Waals surface area contributed by atoms with Crippen LogP contribution in [0.25, 0.3) is 0 Å². The minimum absolute atomic E-state index is 0.200. The molecule has 1 aliphatic rings. The van der Waals surface area contributed by atoms with Crippen LogP contribution in [0.1, 0.15) is 42.5 Å². The van der Waals surface area contributed by atoms with Gasteiger partial charge in [0.05, 0.1) is 11.2 Å². The minimum Gasteiger partial charge on any atom is -0.388 e. The molecule has 1 fully saturated rings. The molecule has 18 heavy (non-hydrogen) atoms. The molecule has 0 aliphatic heterocycles. The van der Waals surface area contributed by atoms with E-state index in [0.717, 1.165) is 25.7 Å². The fraction of sp³-hybridized carbons (Fsp3) is 0.538. The highest BCUT2D eigenvalue weighted by atomic mass is 79.9. The van der Waals surface area contributed by atoms with Crippen LogP contribution in [0.3, 0.4) is 0 Å². The second-order valence-corrected chi connectivity index (χ2v) is 5.56. The first-order chi connectivity index (χ1) is 8.61. The van der Waals surface area contributed by atoms with Crippen molar-refractivity contribution in [3.05, 3.63) is 28.5 Å². The van der Waals surface area contributed by atoms with Crippen molar-refractivity contribution in [1.82, 2.24) is 10.3 Å². The van der Waals surface area contributed by atoms with Gasteiger partial charge in [-0.2, -0.15) is 0 Å². The van der Waals surface area contributed by atoms with Crippen LogP contribution in [-0.4, -0.2) is 28.1 Å². The van der Waals surface area contributed by atoms with Crippen LogP contribution >= 0.6 is 15.9 Å². The third-order valence-electron chi connectivity index (χ3n) is 3.37. The molecule has 1 amide bonds. The third-order valence-corrected chi connectivity index (χ3v) is 4.00. The number of carbonyl (C=O) groups is 1. The summed E-state index contributed by atoms with van der Waals surface area (Å²) in [6, 6.07) is 3.42. The lowest BCUT2D eigenvalue weighted by Crippen LogP contribution is -2.44. The summed E-state index contributed by atoms with van der Waals surface area (Å²) >= 11 is 3.24. The molecule has 1 heterocycles. The number of hydrogen-bond acceptors (Lipinski definition) is 3. The van der Waals surface area contributed by atoms with Gasteiger partial charge in [-0.25, -0.2) is 4.98 Å². The average molecular weight is 313 g/mol. The summed E-state index contributed by atoms with van der Waals surface area (Å²) in [6.07, 6.45) is 6.38. The van der Waals surface area contributed by atoms with Crippen molar-refractivity contribution in [3.63, 3.8) is 0 Å². The van der Waals surface area contributed by atoms with Gasteiger partial charge in [-0.15, -0.1) is 0 Å². The molecule has 1 aromatic heterocycles. The van der Waals surface area contributed by atoms with Gasteiger partial charge < -0.3 is 10.4 Å². The van der Waals surface area contributed by atoms with Gasteiger partial charge in [0, 0.05) is 12.7 Å². The summed E-state index contributed by atoms with van der Waals surface area (Å²) < 4.78 is 0.526. The molecule has 0 radical (unpaired) electrons. The monoisotopic (exact) mass is 312 g/mol. The van der Waals surface area contributed by atoms with Crippen molar-refractivity contribution in [2.75, 3.05) is 6.54 Å². The van der Waals surface area contributed by atoms with Crippen LogP contribution in [-0.2, 0) is 0 Å². The Bertz CT molecular complexity index is 431. The maximum atomic E-state index is 12.0. The van der Waals surface area contributed by atoms with Gasteiger partial charge in [-0.1, -0.05) is 19.3 Å². The van der Waals surface area contributed by atoms with Crippen LogP contribution in [0.2, 0.25) is 0 Å². The number of pyridine rings is 1. The zero-order valence-corrected chi connectivity index (χ0v) is 11.7. The number of amides is 1. The molecule has 5 heteroatoms. The maximum Gasteiger partial charge on any atom is 0.254 e. The summed E-state index contributed by atoms with van der Waals surface area (Å²) in [5, 5.41) is 13.1. The fourth-order valence-corrected chi connectivity index (χ4v) is 2.71. The SMILES string of the molecule is O=C(NCC1(O)CCCCC1)c1cccnc1Br. The molecule has 0 aromatic carbocycles. The van der Waals surface area contributed by atoms with E-state index in [-0.39, 0.29) is 5.91 Å². The highest BCUT2D eigenvalue weighted by Gasteiger charge is 2.29. The predicted molar refractivity (Wildman–Crippen MR) is 72.3 cm³/mol. The van der Waals surface area contributed by atoms with Crippen molar-refractivity contribution < 1.29 is 9.90 Å². The van der Waals surface area contributed by atoms with E-state index in [1.807, 2.05) is 0 Å². The fourth-order valence-electron chi connectivity index (χ4n) is 2.28. The number of halogens is 1. The van der Waals surface area contributed by atoms with Gasteiger partial charge in [0.15, 0.2) is 0 Å². The number of carbonyl (C=O) groups excluding carboxylic acids is 1. The van der Waals surface area contributed by atoms with Crippen molar-refractivity contribution in [3.8, 4) is 0 Å². The second-order valence-electron chi connectivity index (χ2n) is 4.81. The lowest BCUT2D eigenvalue weighted by Gasteiger charge is -2.32. The second kappa shape index (κ2) is 5.80. The molecule has 1 aliphatic carbocycles. The molecule has 0 spiro atoms. The van der Waals surface area contributed by atoms with E-state index in [1.54, 1.807) is 18.3 Å². The van der Waals surface area contributed by atoms with Gasteiger partial charge in [-0.3, -0.25) is 4.79 Å². The first-order valence-corrected chi connectivity index (χ1v) is 7.01. The minimum atomic E-state index is -0.734. The molecule has 0 atom stereocenters. The molecular formula is C13H17BrN2O2. The molecule has 0 bridgehead atoms. The molecule has 2 rings (SSSR count). The number of rotatable bonds is 3. The summed E-state index contributed by atoms with van der Waals surface area (Å²) in [6.45, 7) is 0.313. The molecule has 0 saturated heterocycles. The molecule has 4 nitrogen and oxygen atoms in total. The van der Waals surface area contributed by atoms with Crippen LogP contribution in [0.15, 0.2) is 22.9 Å². The van der Waals surface area contributed by atoms with E-state index in [0.29, 0.717) is 16.7 Å². The van der Waals surface area contributed by atoms with Crippen molar-refractivity contribution in [1.29, 1.82) is 0 Å². The first kappa shape index (κ1) is 13.5. The molecule has 98 valence electrons. The Kier molecular flexibility index (Phi) is 4.35. The van der Waals surface area contributed by atoms with Gasteiger partial charge >= 0.3 is 0 Å². The Balaban J connectivity index is 1.94. The topological polar surface area (TPSA) is 62.2 Å². The van der Waals surface area contributed by atoms with Crippen molar-refractivity contribution >= 4 is 21.8 Å². The lowest BCUT2D eigenvalue weighted by atomic mass is 9.85. The first-order valence-electron chi connectivity index (χ1n) is 6.22. The largest absolute Gasteiger partial charge is 0.388 e. The number of hydrogen-bond donors (Lipinski definition) is 2. The van der Waals surface area contributed by atoms with Crippen molar-refractivity contribution in [2.24, 2.45) is 0 Å². The molecule has 2 N–H and O–H groups in total. The summed E-state index contributed by atoms with van der Waals surface area (Å²) in [5.74, 6) is -0.200. The van der Waals surface area contributed by atoms with Gasteiger partial charge in [0.1, 0.15) is 4.60 Å². The summed E-state index contributed by atoms with van der Waals surface area (Å²) in [4.78, 5) is 16.0. The number of aliphatic hydroxyl groups is 1. The smallest absolute Gasteiger partial charge is 0.254 e. The normalized spacial score (nSPS) is 18.3. The highest BCUT2D eigenvalue weighted by Crippen LogP contribution is 2.27. The summed E-state index contributed by atoms with van der Waals surface area (Å²) in [5.41, 5.74) is -0.236. The summed E-state index contributed by atoms with van der Waals surface area (Å²) in [7, 11) is 0. The lowest BCUT2D eigenvalue weighted by molar-refractivity contribution is 0.00524. The quantitative estimate of drug-likeness (QED) is 0.842. The van der Waals surface area contributed by atoms with Crippen LogP contribution in [0, 0.1) is 0 Å². The van der Waals surface area contributed by atoms with Crippen LogP contribution in [0.4, 0.5) is 0 Å². The zero-order chi connectivity index (χ0) is 13.0. The van der Waals surface area contributed by atoms with E-state index in [9.17, 15) is 9.90 Å². The third kappa shape index (κ3) is 3.29. The molecular weight excluding hydrogens is 296 g/mol. The standard InChI is InChI=1S/C13H17BrN2O2/c14-11-10(5-4-8-15-11)12(17)16-9-13(18)6-2-1-3-7-13/h4-5,8,18H,1-3,6-7,9H2,(H,16,17). The highest BCUT2D eigenvalue weighted by molar-refractivity contribution is 9.10. The zero-order valence-electron chi connectivity index (χ0n) is 10.2. The number of nitrogens with zero attached hydrogens (tertiary/aromatic N) is 1. The van der Waals surface area contributed by atoms with Crippen molar-refractivity contribution in [2.45, 2.75) is 37.7 Å². The van der Waals surface area contributed by atoms with E-state index >= 15 is 0 Å². The molecule has 1 aromatic rings. The number of nitrogens with one attached hydrogen (secondary N) is 1. The van der Waals surface area contributed by atoms with E-state index < -0.39 is 5.60 Å². The van der Waals surface area contributed by atoms with Crippen LogP contribution < -0.4 is 5.32 Å². The Morgan fingerprint density at radius 2 is 2.17 bits per heavy atom. The van der Waals surface area contributed by atoms with Crippen LogP contribution in [0.5, 0.6) is 0 Å². The Morgan fingerprint density at radius 1 is 1.44 bits per heavy atom. The molecule has 0 unspecified atom stereocenters. The van der Waals surface area contributed by atoms with E-state index in [1.165, 1.54) is 6.42 Å².